The number of hydrogen-bond acceptors (Lipinski definition) is 2. The van der Waals surface area contributed by atoms with Crippen LogP contribution in [0.3, 0.4) is 0 Å². The van der Waals surface area contributed by atoms with Crippen LogP contribution in [0.1, 0.15) is 44.7 Å². The second-order valence-corrected chi connectivity index (χ2v) is 5.86. The predicted octanol–water partition coefficient (Wildman–Crippen LogP) is 2.85. The minimum Gasteiger partial charge on any atom is -0.324 e. The van der Waals surface area contributed by atoms with Crippen LogP contribution < -0.4 is 11.1 Å². The van der Waals surface area contributed by atoms with E-state index in [1.54, 1.807) is 0 Å². The van der Waals surface area contributed by atoms with Gasteiger partial charge in [0.25, 0.3) is 0 Å². The summed E-state index contributed by atoms with van der Waals surface area (Å²) in [6.45, 7) is 5.73. The maximum Gasteiger partial charge on any atom is 0.0295 e. The summed E-state index contributed by atoms with van der Waals surface area (Å²) in [5, 5.41) is 3.60. The molecule has 1 aromatic rings. The Morgan fingerprint density at radius 2 is 2.00 bits per heavy atom. The molecule has 0 amide bonds. The molecule has 0 radical (unpaired) electrons. The summed E-state index contributed by atoms with van der Waals surface area (Å²) in [5.74, 6) is 0. The van der Waals surface area contributed by atoms with E-state index in [9.17, 15) is 0 Å². The zero-order valence-electron chi connectivity index (χ0n) is 10.9. The van der Waals surface area contributed by atoms with Crippen molar-refractivity contribution >= 4 is 0 Å². The topological polar surface area (TPSA) is 38.0 Å². The molecular weight excluding hydrogens is 208 g/mol. The smallest absolute Gasteiger partial charge is 0.0295 e. The van der Waals surface area contributed by atoms with Crippen molar-refractivity contribution in [1.29, 1.82) is 0 Å². The molecular formula is C15H24N2. The minimum absolute atomic E-state index is 0.185. The Hall–Kier alpha value is -0.860. The molecule has 1 aliphatic carbocycles. The Morgan fingerprint density at radius 3 is 2.59 bits per heavy atom. The van der Waals surface area contributed by atoms with Crippen LogP contribution in [0.5, 0.6) is 0 Å². The zero-order valence-corrected chi connectivity index (χ0v) is 10.9. The number of benzene rings is 1. The van der Waals surface area contributed by atoms with Crippen LogP contribution in [-0.4, -0.2) is 12.6 Å². The summed E-state index contributed by atoms with van der Waals surface area (Å²) < 4.78 is 0. The largest absolute Gasteiger partial charge is 0.324 e. The van der Waals surface area contributed by atoms with E-state index in [0.29, 0.717) is 5.41 Å². The van der Waals surface area contributed by atoms with E-state index in [2.05, 4.69) is 43.4 Å². The van der Waals surface area contributed by atoms with Crippen LogP contribution in [-0.2, 0) is 0 Å². The first-order chi connectivity index (χ1) is 8.09. The van der Waals surface area contributed by atoms with Gasteiger partial charge in [-0.3, -0.25) is 0 Å². The molecule has 2 rings (SSSR count). The highest BCUT2D eigenvalue weighted by atomic mass is 15.0. The summed E-state index contributed by atoms with van der Waals surface area (Å²) in [7, 11) is 0. The van der Waals surface area contributed by atoms with Gasteiger partial charge in [-0.05, 0) is 36.8 Å². The molecule has 1 aromatic carbocycles. The summed E-state index contributed by atoms with van der Waals surface area (Å²) in [6, 6.07) is 11.3. The van der Waals surface area contributed by atoms with Crippen molar-refractivity contribution in [3.05, 3.63) is 35.9 Å². The van der Waals surface area contributed by atoms with Gasteiger partial charge in [0.2, 0.25) is 0 Å². The second-order valence-electron chi connectivity index (χ2n) is 5.86. The molecule has 0 aliphatic heterocycles. The van der Waals surface area contributed by atoms with Crippen molar-refractivity contribution < 1.29 is 0 Å². The second kappa shape index (κ2) is 5.19. The Kier molecular flexibility index (Phi) is 3.85. The first kappa shape index (κ1) is 12.6. The van der Waals surface area contributed by atoms with Gasteiger partial charge in [-0.25, -0.2) is 0 Å². The van der Waals surface area contributed by atoms with Gasteiger partial charge in [-0.1, -0.05) is 44.2 Å². The summed E-state index contributed by atoms with van der Waals surface area (Å²) >= 11 is 0. The van der Waals surface area contributed by atoms with Crippen molar-refractivity contribution in [1.82, 2.24) is 5.32 Å². The Labute approximate surface area is 105 Å². The predicted molar refractivity (Wildman–Crippen MR) is 72.8 cm³/mol. The fourth-order valence-corrected chi connectivity index (χ4v) is 2.28. The third-order valence-electron chi connectivity index (χ3n) is 3.82. The van der Waals surface area contributed by atoms with E-state index in [0.717, 1.165) is 25.4 Å². The summed E-state index contributed by atoms with van der Waals surface area (Å²) in [4.78, 5) is 0. The molecule has 0 aromatic heterocycles. The average molecular weight is 232 g/mol. The maximum absolute atomic E-state index is 6.15. The van der Waals surface area contributed by atoms with Crippen LogP contribution in [0, 0.1) is 5.41 Å². The van der Waals surface area contributed by atoms with Crippen LogP contribution in [0.2, 0.25) is 0 Å². The van der Waals surface area contributed by atoms with Gasteiger partial charge in [0, 0.05) is 12.1 Å². The molecule has 94 valence electrons. The molecule has 0 saturated heterocycles. The van der Waals surface area contributed by atoms with Crippen LogP contribution in [0.25, 0.3) is 0 Å². The Morgan fingerprint density at radius 1 is 1.35 bits per heavy atom. The first-order valence-corrected chi connectivity index (χ1v) is 6.63. The van der Waals surface area contributed by atoms with E-state index in [-0.39, 0.29) is 6.04 Å². The summed E-state index contributed by atoms with van der Waals surface area (Å²) in [5.41, 5.74) is 7.93. The third-order valence-corrected chi connectivity index (χ3v) is 3.82. The fraction of sp³-hybridized carbons (Fsp3) is 0.600. The molecule has 0 bridgehead atoms. The van der Waals surface area contributed by atoms with E-state index >= 15 is 0 Å². The molecule has 2 atom stereocenters. The molecule has 2 unspecified atom stereocenters. The number of hydrogen-bond donors (Lipinski definition) is 2. The van der Waals surface area contributed by atoms with Gasteiger partial charge in [0.15, 0.2) is 0 Å². The van der Waals surface area contributed by atoms with Gasteiger partial charge < -0.3 is 11.1 Å². The lowest BCUT2D eigenvalue weighted by atomic mass is 10.0. The van der Waals surface area contributed by atoms with Crippen LogP contribution in [0.4, 0.5) is 0 Å². The van der Waals surface area contributed by atoms with Gasteiger partial charge in [-0.2, -0.15) is 0 Å². The quantitative estimate of drug-likeness (QED) is 0.740. The van der Waals surface area contributed by atoms with Crippen molar-refractivity contribution in [3.8, 4) is 0 Å². The van der Waals surface area contributed by atoms with Crippen LogP contribution in [0.15, 0.2) is 30.3 Å². The molecule has 1 fully saturated rings. The molecule has 3 N–H and O–H groups in total. The number of rotatable bonds is 6. The van der Waals surface area contributed by atoms with E-state index in [1.165, 1.54) is 12.0 Å². The minimum atomic E-state index is 0.185. The van der Waals surface area contributed by atoms with Gasteiger partial charge in [0.05, 0.1) is 0 Å². The molecule has 1 aliphatic rings. The highest BCUT2D eigenvalue weighted by molar-refractivity contribution is 5.18. The molecule has 0 spiro atoms. The standard InChI is InChI=1S/C15H24N2/c1-15(2)11-14(15)17-10-6-9-13(16)12-7-4-3-5-8-12/h3-5,7-8,13-14,17H,6,9-11,16H2,1-2H3. The number of nitrogens with two attached hydrogens (primary N) is 1. The molecule has 0 heterocycles. The van der Waals surface area contributed by atoms with Crippen molar-refractivity contribution in [3.63, 3.8) is 0 Å². The van der Waals surface area contributed by atoms with E-state index in [1.807, 2.05) is 6.07 Å². The van der Waals surface area contributed by atoms with E-state index < -0.39 is 0 Å². The monoisotopic (exact) mass is 232 g/mol. The lowest BCUT2D eigenvalue weighted by Gasteiger charge is -2.12. The first-order valence-electron chi connectivity index (χ1n) is 6.63. The molecule has 2 heteroatoms. The molecule has 1 saturated carbocycles. The van der Waals surface area contributed by atoms with Crippen LogP contribution >= 0.6 is 0 Å². The molecule has 17 heavy (non-hydrogen) atoms. The zero-order chi connectivity index (χ0) is 12.3. The van der Waals surface area contributed by atoms with Crippen molar-refractivity contribution in [2.45, 2.75) is 45.2 Å². The van der Waals surface area contributed by atoms with E-state index in [4.69, 9.17) is 5.73 Å². The highest BCUT2D eigenvalue weighted by Crippen LogP contribution is 2.44. The highest BCUT2D eigenvalue weighted by Gasteiger charge is 2.44. The van der Waals surface area contributed by atoms with Crippen molar-refractivity contribution in [2.24, 2.45) is 11.1 Å². The van der Waals surface area contributed by atoms with Gasteiger partial charge >= 0.3 is 0 Å². The Balaban J connectivity index is 1.62. The molecule has 2 nitrogen and oxygen atoms in total. The van der Waals surface area contributed by atoms with Crippen molar-refractivity contribution in [2.75, 3.05) is 6.54 Å². The average Bonchev–Trinajstić information content (AvgIpc) is 2.93. The van der Waals surface area contributed by atoms with Gasteiger partial charge in [-0.15, -0.1) is 0 Å². The fourth-order valence-electron chi connectivity index (χ4n) is 2.28. The third kappa shape index (κ3) is 3.55. The lowest BCUT2D eigenvalue weighted by Crippen LogP contribution is -2.22. The SMILES string of the molecule is CC1(C)CC1NCCCC(N)c1ccccc1. The Bertz CT molecular complexity index is 345. The normalized spacial score (nSPS) is 23.4. The summed E-state index contributed by atoms with van der Waals surface area (Å²) in [6.07, 6.45) is 3.53. The number of nitrogens with one attached hydrogen (secondary N) is 1. The maximum atomic E-state index is 6.15. The van der Waals surface area contributed by atoms with Gasteiger partial charge in [0.1, 0.15) is 0 Å². The lowest BCUT2D eigenvalue weighted by molar-refractivity contribution is 0.513.